The molecule has 3 N–H and O–H groups in total. The first-order valence-electron chi connectivity index (χ1n) is 9.03. The molecule has 1 saturated carbocycles. The number of fused-ring (bicyclic) bond motifs is 1. The van der Waals surface area contributed by atoms with Gasteiger partial charge in [-0.25, -0.2) is 0 Å². The van der Waals surface area contributed by atoms with E-state index in [2.05, 4.69) is 29.5 Å². The molecule has 1 aliphatic carbocycles. The van der Waals surface area contributed by atoms with E-state index in [9.17, 15) is 4.79 Å². The van der Waals surface area contributed by atoms with Gasteiger partial charge < -0.3 is 11.1 Å². The molecule has 26 heavy (non-hydrogen) atoms. The first-order chi connectivity index (χ1) is 12.5. The summed E-state index contributed by atoms with van der Waals surface area (Å²) in [5, 5.41) is 8.88. The van der Waals surface area contributed by atoms with Crippen LogP contribution in [0, 0.1) is 12.8 Å². The highest BCUT2D eigenvalue weighted by Gasteiger charge is 2.41. The zero-order valence-electron chi connectivity index (χ0n) is 15.2. The van der Waals surface area contributed by atoms with Crippen molar-refractivity contribution in [1.29, 1.82) is 0 Å². The van der Waals surface area contributed by atoms with Crippen molar-refractivity contribution in [2.24, 2.45) is 11.7 Å². The van der Waals surface area contributed by atoms with Crippen LogP contribution in [-0.4, -0.2) is 27.8 Å². The maximum atomic E-state index is 12.8. The van der Waals surface area contributed by atoms with Gasteiger partial charge in [-0.2, -0.15) is 5.10 Å². The minimum Gasteiger partial charge on any atom is -0.345 e. The number of carbonyl (C=O) groups is 1. The fraction of sp³-hybridized carbons (Fsp3) is 0.400. The number of nitrogens with two attached hydrogens (primary N) is 1. The predicted molar refractivity (Wildman–Crippen MR) is 106 cm³/mol. The molecule has 6 heteroatoms. The Labute approximate surface area is 157 Å². The molecule has 5 nitrogen and oxygen atoms in total. The van der Waals surface area contributed by atoms with Gasteiger partial charge in [0.15, 0.2) is 0 Å². The number of hydrogen-bond donors (Lipinski definition) is 2. The lowest BCUT2D eigenvalue weighted by Crippen LogP contribution is -2.53. The third kappa shape index (κ3) is 3.15. The number of amides is 1. The summed E-state index contributed by atoms with van der Waals surface area (Å²) in [6.45, 7) is 5.22. The molecule has 1 amide bonds. The zero-order valence-corrected chi connectivity index (χ0v) is 16.0. The van der Waals surface area contributed by atoms with Gasteiger partial charge in [0.05, 0.1) is 22.7 Å². The van der Waals surface area contributed by atoms with Crippen LogP contribution in [0.4, 0.5) is 0 Å². The van der Waals surface area contributed by atoms with Gasteiger partial charge in [-0.05, 0) is 44.2 Å². The monoisotopic (exact) mass is 368 g/mol. The predicted octanol–water partition coefficient (Wildman–Crippen LogP) is 3.31. The van der Waals surface area contributed by atoms with Crippen LogP contribution in [0.2, 0.25) is 0 Å². The molecule has 0 radical (unpaired) electrons. The molecule has 0 spiro atoms. The van der Waals surface area contributed by atoms with Gasteiger partial charge in [0.1, 0.15) is 4.83 Å². The second-order valence-corrected chi connectivity index (χ2v) is 8.44. The largest absolute Gasteiger partial charge is 0.345 e. The highest BCUT2D eigenvalue weighted by atomic mass is 32.1. The SMILES string of the molecule is Cc1nn(Cc2ccccc2)c2sc(C(=O)NC(C)(CN)C3CC3)cc12. The molecular formula is C20H24N4OS. The minimum absolute atomic E-state index is 0.0308. The lowest BCUT2D eigenvalue weighted by atomic mass is 9.96. The standard InChI is InChI=1S/C20H24N4OS/c1-13-16-10-17(18(25)22-20(2,12-21)15-8-9-15)26-19(16)24(23-13)11-14-6-4-3-5-7-14/h3-7,10,15H,8-9,11-12,21H2,1-2H3,(H,22,25). The van der Waals surface area contributed by atoms with Gasteiger partial charge in [0, 0.05) is 11.9 Å². The number of rotatable bonds is 6. The van der Waals surface area contributed by atoms with Crippen molar-refractivity contribution >= 4 is 27.5 Å². The van der Waals surface area contributed by atoms with E-state index in [4.69, 9.17) is 5.73 Å². The number of benzene rings is 1. The number of hydrogen-bond acceptors (Lipinski definition) is 4. The average Bonchev–Trinajstić information content (AvgIpc) is 3.34. The fourth-order valence-electron chi connectivity index (χ4n) is 3.45. The van der Waals surface area contributed by atoms with Gasteiger partial charge in [0.25, 0.3) is 5.91 Å². The molecule has 1 unspecified atom stereocenters. The molecule has 0 aliphatic heterocycles. The molecule has 2 aromatic heterocycles. The maximum absolute atomic E-state index is 12.8. The number of nitrogens with zero attached hydrogens (tertiary/aromatic N) is 2. The Balaban J connectivity index is 1.61. The van der Waals surface area contributed by atoms with Crippen LogP contribution in [0.25, 0.3) is 10.2 Å². The van der Waals surface area contributed by atoms with Crippen molar-refractivity contribution in [2.45, 2.75) is 38.8 Å². The summed E-state index contributed by atoms with van der Waals surface area (Å²) < 4.78 is 1.99. The van der Waals surface area contributed by atoms with Crippen LogP contribution in [0.1, 0.15) is 40.7 Å². The maximum Gasteiger partial charge on any atom is 0.261 e. The lowest BCUT2D eigenvalue weighted by Gasteiger charge is -2.29. The minimum atomic E-state index is -0.307. The van der Waals surface area contributed by atoms with Gasteiger partial charge in [-0.1, -0.05) is 30.3 Å². The normalized spacial score (nSPS) is 16.6. The van der Waals surface area contributed by atoms with E-state index in [0.29, 0.717) is 19.0 Å². The van der Waals surface area contributed by atoms with Crippen LogP contribution in [0.3, 0.4) is 0 Å². The Hall–Kier alpha value is -2.18. The summed E-state index contributed by atoms with van der Waals surface area (Å²) in [7, 11) is 0. The lowest BCUT2D eigenvalue weighted by molar-refractivity contribution is 0.0902. The van der Waals surface area contributed by atoms with E-state index in [-0.39, 0.29) is 11.4 Å². The van der Waals surface area contributed by atoms with Gasteiger partial charge >= 0.3 is 0 Å². The number of carbonyl (C=O) groups excluding carboxylic acids is 1. The molecule has 1 aromatic carbocycles. The smallest absolute Gasteiger partial charge is 0.261 e. The molecule has 1 fully saturated rings. The molecule has 4 rings (SSSR count). The Morgan fingerprint density at radius 1 is 1.38 bits per heavy atom. The molecule has 1 aliphatic rings. The number of aryl methyl sites for hydroxylation is 1. The summed E-state index contributed by atoms with van der Waals surface area (Å²) in [5.74, 6) is 0.470. The summed E-state index contributed by atoms with van der Waals surface area (Å²) >= 11 is 1.50. The number of nitrogens with one attached hydrogen (secondary N) is 1. The Bertz CT molecular complexity index is 942. The van der Waals surface area contributed by atoms with Crippen LogP contribution < -0.4 is 11.1 Å². The third-order valence-electron chi connectivity index (χ3n) is 5.31. The quantitative estimate of drug-likeness (QED) is 0.701. The molecular weight excluding hydrogens is 344 g/mol. The van der Waals surface area contributed by atoms with E-state index in [1.165, 1.54) is 16.9 Å². The Morgan fingerprint density at radius 3 is 2.77 bits per heavy atom. The molecule has 0 bridgehead atoms. The summed E-state index contributed by atoms with van der Waals surface area (Å²) in [5.41, 5.74) is 7.78. The second kappa shape index (κ2) is 6.52. The van der Waals surface area contributed by atoms with E-state index in [0.717, 1.165) is 33.6 Å². The highest BCUT2D eigenvalue weighted by molar-refractivity contribution is 7.20. The van der Waals surface area contributed by atoms with Gasteiger partial charge in [0.2, 0.25) is 0 Å². The van der Waals surface area contributed by atoms with E-state index >= 15 is 0 Å². The third-order valence-corrected chi connectivity index (χ3v) is 6.46. The zero-order chi connectivity index (χ0) is 18.3. The number of thiophene rings is 1. The van der Waals surface area contributed by atoms with E-state index in [1.54, 1.807) is 0 Å². The molecule has 3 aromatic rings. The van der Waals surface area contributed by atoms with Crippen LogP contribution >= 0.6 is 11.3 Å². The Morgan fingerprint density at radius 2 is 2.12 bits per heavy atom. The molecule has 1 atom stereocenters. The van der Waals surface area contributed by atoms with Gasteiger partial charge in [-0.3, -0.25) is 9.48 Å². The summed E-state index contributed by atoms with van der Waals surface area (Å²) in [6.07, 6.45) is 2.29. The van der Waals surface area contributed by atoms with Crippen LogP contribution in [0.5, 0.6) is 0 Å². The van der Waals surface area contributed by atoms with Crippen molar-refractivity contribution < 1.29 is 4.79 Å². The van der Waals surface area contributed by atoms with Crippen molar-refractivity contribution in [1.82, 2.24) is 15.1 Å². The van der Waals surface area contributed by atoms with E-state index < -0.39 is 0 Å². The summed E-state index contributed by atoms with van der Waals surface area (Å²) in [4.78, 5) is 14.6. The Kier molecular flexibility index (Phi) is 4.32. The van der Waals surface area contributed by atoms with Crippen LogP contribution in [0.15, 0.2) is 36.4 Å². The van der Waals surface area contributed by atoms with Crippen molar-refractivity contribution in [3.8, 4) is 0 Å². The van der Waals surface area contributed by atoms with E-state index in [1.807, 2.05) is 35.9 Å². The molecule has 136 valence electrons. The second-order valence-electron chi connectivity index (χ2n) is 7.41. The highest BCUT2D eigenvalue weighted by Crippen LogP contribution is 2.39. The first kappa shape index (κ1) is 17.2. The van der Waals surface area contributed by atoms with Crippen molar-refractivity contribution in [2.75, 3.05) is 6.54 Å². The molecule has 0 saturated heterocycles. The number of aromatic nitrogens is 2. The topological polar surface area (TPSA) is 72.9 Å². The van der Waals surface area contributed by atoms with Gasteiger partial charge in [-0.15, -0.1) is 11.3 Å². The first-order valence-corrected chi connectivity index (χ1v) is 9.85. The summed E-state index contributed by atoms with van der Waals surface area (Å²) in [6, 6.07) is 12.2. The fourth-order valence-corrected chi connectivity index (χ4v) is 4.51. The van der Waals surface area contributed by atoms with Crippen LogP contribution in [-0.2, 0) is 6.54 Å². The van der Waals surface area contributed by atoms with Crippen molar-refractivity contribution in [3.05, 3.63) is 52.5 Å². The average molecular weight is 369 g/mol. The van der Waals surface area contributed by atoms with Crippen molar-refractivity contribution in [3.63, 3.8) is 0 Å². The molecule has 2 heterocycles.